The SMILES string of the molecule is CCCC(=O)NCCCCn1c(CO)nc2c(N)nc3cc(/C(C)=C/C=C\N)ccc3c21. The van der Waals surface area contributed by atoms with E-state index in [-0.39, 0.29) is 12.5 Å². The second-order valence-corrected chi connectivity index (χ2v) is 7.81. The monoisotopic (exact) mass is 436 g/mol. The molecule has 8 heteroatoms. The number of unbranched alkanes of at least 4 members (excludes halogenated alkanes) is 1. The second kappa shape index (κ2) is 10.8. The maximum Gasteiger partial charge on any atom is 0.219 e. The van der Waals surface area contributed by atoms with E-state index < -0.39 is 0 Å². The van der Waals surface area contributed by atoms with E-state index in [9.17, 15) is 9.90 Å². The van der Waals surface area contributed by atoms with Gasteiger partial charge in [-0.1, -0.05) is 25.1 Å². The Labute approximate surface area is 188 Å². The van der Waals surface area contributed by atoms with Crippen molar-refractivity contribution in [3.63, 3.8) is 0 Å². The zero-order chi connectivity index (χ0) is 23.1. The molecule has 1 amide bonds. The number of imidazole rings is 1. The lowest BCUT2D eigenvalue weighted by atomic mass is 10.0. The fraction of sp³-hybridized carbons (Fsp3) is 0.375. The van der Waals surface area contributed by atoms with Crippen molar-refractivity contribution in [2.75, 3.05) is 12.3 Å². The maximum atomic E-state index is 11.6. The number of amides is 1. The molecule has 0 aliphatic heterocycles. The van der Waals surface area contributed by atoms with Crippen molar-refractivity contribution in [1.82, 2.24) is 19.9 Å². The van der Waals surface area contributed by atoms with Crippen LogP contribution in [0.15, 0.2) is 36.6 Å². The van der Waals surface area contributed by atoms with Gasteiger partial charge in [0.1, 0.15) is 17.9 Å². The molecule has 0 aliphatic carbocycles. The number of nitrogen functional groups attached to an aromatic ring is 1. The van der Waals surface area contributed by atoms with Crippen LogP contribution < -0.4 is 16.8 Å². The number of carbonyl (C=O) groups excluding carboxylic acids is 1. The summed E-state index contributed by atoms with van der Waals surface area (Å²) in [6.07, 6.45) is 8.29. The quantitative estimate of drug-likeness (QED) is 0.285. The van der Waals surface area contributed by atoms with Gasteiger partial charge in [-0.25, -0.2) is 9.97 Å². The number of anilines is 1. The number of aryl methyl sites for hydroxylation is 1. The van der Waals surface area contributed by atoms with E-state index in [1.54, 1.807) is 6.08 Å². The summed E-state index contributed by atoms with van der Waals surface area (Å²) in [5.41, 5.74) is 16.0. The summed E-state index contributed by atoms with van der Waals surface area (Å²) in [6, 6.07) is 6.06. The van der Waals surface area contributed by atoms with Crippen molar-refractivity contribution in [1.29, 1.82) is 0 Å². The molecular formula is C24H32N6O2. The van der Waals surface area contributed by atoms with Crippen molar-refractivity contribution in [3.8, 4) is 0 Å². The van der Waals surface area contributed by atoms with E-state index in [0.29, 0.717) is 36.7 Å². The van der Waals surface area contributed by atoms with E-state index >= 15 is 0 Å². The van der Waals surface area contributed by atoms with Crippen molar-refractivity contribution in [3.05, 3.63) is 47.9 Å². The first-order chi connectivity index (χ1) is 15.5. The average molecular weight is 437 g/mol. The van der Waals surface area contributed by atoms with E-state index in [2.05, 4.69) is 15.3 Å². The van der Waals surface area contributed by atoms with Gasteiger partial charge in [0.05, 0.1) is 11.0 Å². The molecule has 1 aromatic carbocycles. The number of nitrogens with one attached hydrogen (secondary N) is 1. The molecule has 0 unspecified atom stereocenters. The van der Waals surface area contributed by atoms with Gasteiger partial charge in [0, 0.05) is 24.9 Å². The number of aliphatic hydroxyl groups is 1. The first kappa shape index (κ1) is 23.3. The first-order valence-electron chi connectivity index (χ1n) is 11.0. The molecule has 0 saturated carbocycles. The molecule has 2 heterocycles. The van der Waals surface area contributed by atoms with Crippen LogP contribution in [-0.2, 0) is 17.9 Å². The van der Waals surface area contributed by atoms with Gasteiger partial charge in [-0.05, 0) is 55.7 Å². The van der Waals surface area contributed by atoms with Gasteiger partial charge in [0.2, 0.25) is 5.91 Å². The molecular weight excluding hydrogens is 404 g/mol. The summed E-state index contributed by atoms with van der Waals surface area (Å²) < 4.78 is 2.02. The molecule has 6 N–H and O–H groups in total. The number of aromatic nitrogens is 3. The summed E-state index contributed by atoms with van der Waals surface area (Å²) in [4.78, 5) is 20.8. The number of pyridine rings is 1. The minimum atomic E-state index is -0.186. The predicted octanol–water partition coefficient (Wildman–Crippen LogP) is 3.23. The molecule has 3 rings (SSSR count). The predicted molar refractivity (Wildman–Crippen MR) is 129 cm³/mol. The molecule has 32 heavy (non-hydrogen) atoms. The van der Waals surface area contributed by atoms with E-state index in [4.69, 9.17) is 11.5 Å². The molecule has 0 aliphatic rings. The highest BCUT2D eigenvalue weighted by atomic mass is 16.3. The van der Waals surface area contributed by atoms with Crippen molar-refractivity contribution in [2.45, 2.75) is 52.7 Å². The Hall–Kier alpha value is -3.39. The Balaban J connectivity index is 1.92. The fourth-order valence-corrected chi connectivity index (χ4v) is 3.80. The average Bonchev–Trinajstić information content (AvgIpc) is 3.16. The van der Waals surface area contributed by atoms with Gasteiger partial charge in [-0.3, -0.25) is 4.79 Å². The maximum absolute atomic E-state index is 11.6. The zero-order valence-corrected chi connectivity index (χ0v) is 18.8. The number of fused-ring (bicyclic) bond motifs is 3. The second-order valence-electron chi connectivity index (χ2n) is 7.81. The number of benzene rings is 1. The van der Waals surface area contributed by atoms with Crippen molar-refractivity contribution < 1.29 is 9.90 Å². The largest absolute Gasteiger partial charge is 0.405 e. The van der Waals surface area contributed by atoms with Crippen LogP contribution in [0.3, 0.4) is 0 Å². The van der Waals surface area contributed by atoms with Crippen LogP contribution in [0.1, 0.15) is 50.9 Å². The molecule has 0 saturated heterocycles. The number of carbonyl (C=O) groups is 1. The Morgan fingerprint density at radius 1 is 1.28 bits per heavy atom. The summed E-state index contributed by atoms with van der Waals surface area (Å²) in [7, 11) is 0. The number of hydrogen-bond acceptors (Lipinski definition) is 6. The van der Waals surface area contributed by atoms with Gasteiger partial charge >= 0.3 is 0 Å². The third-order valence-electron chi connectivity index (χ3n) is 5.44. The van der Waals surface area contributed by atoms with Crippen LogP contribution in [0.5, 0.6) is 0 Å². The Bertz CT molecular complexity index is 1160. The Kier molecular flexibility index (Phi) is 7.83. The minimum Gasteiger partial charge on any atom is -0.405 e. The lowest BCUT2D eigenvalue weighted by molar-refractivity contribution is -0.121. The van der Waals surface area contributed by atoms with Crippen LogP contribution in [0, 0.1) is 0 Å². The van der Waals surface area contributed by atoms with Gasteiger partial charge in [0.25, 0.3) is 0 Å². The van der Waals surface area contributed by atoms with Gasteiger partial charge < -0.3 is 26.5 Å². The lowest BCUT2D eigenvalue weighted by Crippen LogP contribution is -2.24. The number of allylic oxidation sites excluding steroid dienone is 3. The number of nitrogens with zero attached hydrogens (tertiary/aromatic N) is 3. The smallest absolute Gasteiger partial charge is 0.219 e. The Morgan fingerprint density at radius 2 is 2.09 bits per heavy atom. The third kappa shape index (κ3) is 5.08. The highest BCUT2D eigenvalue weighted by Crippen LogP contribution is 2.31. The molecule has 8 nitrogen and oxygen atoms in total. The fourth-order valence-electron chi connectivity index (χ4n) is 3.80. The van der Waals surface area contributed by atoms with E-state index in [1.807, 2.05) is 42.7 Å². The number of hydrogen-bond donors (Lipinski definition) is 4. The van der Waals surface area contributed by atoms with Gasteiger partial charge in [-0.2, -0.15) is 0 Å². The summed E-state index contributed by atoms with van der Waals surface area (Å²) in [6.45, 7) is 5.11. The van der Waals surface area contributed by atoms with Gasteiger partial charge in [-0.15, -0.1) is 0 Å². The standard InChI is InChI=1S/C24H32N6O2/c1-3-7-21(32)27-12-4-5-13-30-20(15-31)29-22-23(30)18-10-9-17(16(2)8-6-11-25)14-19(18)28-24(22)26/h6,8-11,14,31H,3-5,7,12-13,15,25H2,1-2H3,(H2,26,28)(H,27,32)/b11-6-,16-8+. The van der Waals surface area contributed by atoms with E-state index in [1.165, 1.54) is 6.20 Å². The zero-order valence-electron chi connectivity index (χ0n) is 18.8. The molecule has 0 fully saturated rings. The molecule has 0 atom stereocenters. The Morgan fingerprint density at radius 3 is 2.81 bits per heavy atom. The van der Waals surface area contributed by atoms with Crippen LogP contribution in [0.2, 0.25) is 0 Å². The van der Waals surface area contributed by atoms with Crippen LogP contribution >= 0.6 is 0 Å². The molecule has 0 spiro atoms. The molecule has 0 bridgehead atoms. The summed E-state index contributed by atoms with van der Waals surface area (Å²) in [5.74, 6) is 0.987. The number of rotatable bonds is 10. The third-order valence-corrected chi connectivity index (χ3v) is 5.44. The highest BCUT2D eigenvalue weighted by Gasteiger charge is 2.17. The van der Waals surface area contributed by atoms with Crippen LogP contribution in [0.25, 0.3) is 27.5 Å². The topological polar surface area (TPSA) is 132 Å². The summed E-state index contributed by atoms with van der Waals surface area (Å²) in [5, 5.41) is 13.8. The number of aliphatic hydroxyl groups excluding tert-OH is 1. The van der Waals surface area contributed by atoms with Crippen molar-refractivity contribution in [2.24, 2.45) is 5.73 Å². The molecule has 170 valence electrons. The molecule has 2 aromatic heterocycles. The van der Waals surface area contributed by atoms with Crippen molar-refractivity contribution >= 4 is 39.2 Å². The number of nitrogens with two attached hydrogens (primary N) is 2. The first-order valence-corrected chi connectivity index (χ1v) is 11.0. The molecule has 0 radical (unpaired) electrons. The summed E-state index contributed by atoms with van der Waals surface area (Å²) >= 11 is 0. The van der Waals surface area contributed by atoms with E-state index in [0.717, 1.165) is 46.8 Å². The molecule has 3 aromatic rings. The van der Waals surface area contributed by atoms with Gasteiger partial charge in [0.15, 0.2) is 5.82 Å². The normalized spacial score (nSPS) is 12.3. The lowest BCUT2D eigenvalue weighted by Gasteiger charge is -2.11. The van der Waals surface area contributed by atoms with Crippen LogP contribution in [-0.4, -0.2) is 32.1 Å². The highest BCUT2D eigenvalue weighted by molar-refractivity contribution is 6.07. The van der Waals surface area contributed by atoms with Crippen LogP contribution in [0.4, 0.5) is 5.82 Å². The minimum absolute atomic E-state index is 0.0866.